The average molecular weight is 353 g/mol. The first-order chi connectivity index (χ1) is 12.6. The summed E-state index contributed by atoms with van der Waals surface area (Å²) in [7, 11) is 0. The number of phenolic OH excluding ortho intramolecular Hbond substituents is 1. The summed E-state index contributed by atoms with van der Waals surface area (Å²) in [5.74, 6) is -0.689. The van der Waals surface area contributed by atoms with E-state index in [1.807, 2.05) is 0 Å². The Bertz CT molecular complexity index is 740. The molecule has 0 saturated heterocycles. The standard InChI is InChI=1S/C22H27NO3/c1-2-3-4-5-6-11-16-23-22(26)18-13-8-7-12-17(18)21(25)19-14-9-10-15-20(19)24/h7-10,12-15,24H,2-6,11,16H2,1H3,(H,23,26). The van der Waals surface area contributed by atoms with Crippen molar-refractivity contribution < 1.29 is 14.7 Å². The minimum Gasteiger partial charge on any atom is -0.507 e. The summed E-state index contributed by atoms with van der Waals surface area (Å²) in [6, 6.07) is 13.1. The number of rotatable bonds is 10. The number of phenols is 1. The Hall–Kier alpha value is -2.62. The molecule has 0 radical (unpaired) electrons. The first-order valence-electron chi connectivity index (χ1n) is 9.35. The van der Waals surface area contributed by atoms with Gasteiger partial charge in [0.25, 0.3) is 5.91 Å². The second kappa shape index (κ2) is 10.4. The highest BCUT2D eigenvalue weighted by atomic mass is 16.3. The number of carbonyl (C=O) groups is 2. The number of carbonyl (C=O) groups excluding carboxylic acids is 2. The zero-order chi connectivity index (χ0) is 18.8. The van der Waals surface area contributed by atoms with Gasteiger partial charge in [-0.2, -0.15) is 0 Å². The fourth-order valence-corrected chi connectivity index (χ4v) is 2.89. The van der Waals surface area contributed by atoms with Crippen LogP contribution >= 0.6 is 0 Å². The molecule has 0 fully saturated rings. The van der Waals surface area contributed by atoms with Gasteiger partial charge < -0.3 is 10.4 Å². The first kappa shape index (κ1) is 19.7. The Morgan fingerprint density at radius 1 is 0.808 bits per heavy atom. The van der Waals surface area contributed by atoms with Crippen LogP contribution in [0.1, 0.15) is 71.7 Å². The molecule has 26 heavy (non-hydrogen) atoms. The predicted octanol–water partition coefficient (Wildman–Crippen LogP) is 4.71. The van der Waals surface area contributed by atoms with Gasteiger partial charge in [-0.05, 0) is 24.6 Å². The van der Waals surface area contributed by atoms with Crippen LogP contribution in [0, 0.1) is 0 Å². The molecule has 138 valence electrons. The summed E-state index contributed by atoms with van der Waals surface area (Å²) in [5.41, 5.74) is 0.838. The van der Waals surface area contributed by atoms with Gasteiger partial charge in [0.2, 0.25) is 0 Å². The molecule has 2 aromatic carbocycles. The van der Waals surface area contributed by atoms with Crippen molar-refractivity contribution in [3.8, 4) is 5.75 Å². The van der Waals surface area contributed by atoms with Gasteiger partial charge in [-0.1, -0.05) is 69.4 Å². The molecule has 0 saturated carbocycles. The van der Waals surface area contributed by atoms with Crippen molar-refractivity contribution in [2.24, 2.45) is 0 Å². The van der Waals surface area contributed by atoms with Crippen molar-refractivity contribution in [3.63, 3.8) is 0 Å². The van der Waals surface area contributed by atoms with Gasteiger partial charge in [0.15, 0.2) is 5.78 Å². The Balaban J connectivity index is 1.99. The van der Waals surface area contributed by atoms with Gasteiger partial charge in [0.05, 0.1) is 11.1 Å². The highest BCUT2D eigenvalue weighted by molar-refractivity contribution is 6.16. The van der Waals surface area contributed by atoms with E-state index in [1.165, 1.54) is 31.7 Å². The van der Waals surface area contributed by atoms with Crippen LogP contribution in [0.2, 0.25) is 0 Å². The number of ketones is 1. The van der Waals surface area contributed by atoms with Crippen LogP contribution in [0.25, 0.3) is 0 Å². The lowest BCUT2D eigenvalue weighted by Crippen LogP contribution is -2.26. The van der Waals surface area contributed by atoms with Gasteiger partial charge in [-0.3, -0.25) is 9.59 Å². The van der Waals surface area contributed by atoms with Crippen LogP contribution in [-0.2, 0) is 0 Å². The van der Waals surface area contributed by atoms with E-state index in [1.54, 1.807) is 42.5 Å². The van der Waals surface area contributed by atoms with Crippen LogP contribution in [0.5, 0.6) is 5.75 Å². The minimum atomic E-state index is -0.353. The minimum absolute atomic E-state index is 0.0835. The SMILES string of the molecule is CCCCCCCCNC(=O)c1ccccc1C(=O)c1ccccc1O. The summed E-state index contributed by atoms with van der Waals surface area (Å²) in [4.78, 5) is 25.2. The molecule has 0 aromatic heterocycles. The Kier molecular flexibility index (Phi) is 7.87. The molecule has 0 heterocycles. The highest BCUT2D eigenvalue weighted by Crippen LogP contribution is 2.22. The molecular formula is C22H27NO3. The van der Waals surface area contributed by atoms with Crippen molar-refractivity contribution in [2.45, 2.75) is 45.4 Å². The topological polar surface area (TPSA) is 66.4 Å². The molecule has 2 aromatic rings. The predicted molar refractivity (Wildman–Crippen MR) is 104 cm³/mol. The zero-order valence-corrected chi connectivity index (χ0v) is 15.3. The van der Waals surface area contributed by atoms with Gasteiger partial charge in [-0.15, -0.1) is 0 Å². The van der Waals surface area contributed by atoms with Crippen molar-refractivity contribution in [1.82, 2.24) is 5.32 Å². The van der Waals surface area contributed by atoms with E-state index in [-0.39, 0.29) is 23.0 Å². The van der Waals surface area contributed by atoms with E-state index >= 15 is 0 Å². The lowest BCUT2D eigenvalue weighted by molar-refractivity contribution is 0.0941. The van der Waals surface area contributed by atoms with Gasteiger partial charge in [-0.25, -0.2) is 0 Å². The van der Waals surface area contributed by atoms with Crippen LogP contribution in [0.3, 0.4) is 0 Å². The molecule has 0 aliphatic rings. The number of para-hydroxylation sites is 1. The zero-order valence-electron chi connectivity index (χ0n) is 15.3. The molecule has 0 atom stereocenters. The molecule has 0 aliphatic heterocycles. The van der Waals surface area contributed by atoms with E-state index < -0.39 is 0 Å². The quantitative estimate of drug-likeness (QED) is 0.480. The van der Waals surface area contributed by atoms with E-state index in [2.05, 4.69) is 12.2 Å². The highest BCUT2D eigenvalue weighted by Gasteiger charge is 2.19. The van der Waals surface area contributed by atoms with E-state index in [0.717, 1.165) is 12.8 Å². The van der Waals surface area contributed by atoms with Gasteiger partial charge in [0.1, 0.15) is 5.75 Å². The van der Waals surface area contributed by atoms with Gasteiger partial charge >= 0.3 is 0 Å². The van der Waals surface area contributed by atoms with Crippen LogP contribution in [-0.4, -0.2) is 23.3 Å². The third kappa shape index (κ3) is 5.45. The molecular weight excluding hydrogens is 326 g/mol. The number of hydrogen-bond acceptors (Lipinski definition) is 3. The van der Waals surface area contributed by atoms with E-state index in [4.69, 9.17) is 0 Å². The number of amides is 1. The number of benzene rings is 2. The maximum Gasteiger partial charge on any atom is 0.252 e. The summed E-state index contributed by atoms with van der Waals surface area (Å²) in [6.07, 6.45) is 6.94. The van der Waals surface area contributed by atoms with Crippen molar-refractivity contribution in [3.05, 3.63) is 65.2 Å². The summed E-state index contributed by atoms with van der Waals surface area (Å²) in [6.45, 7) is 2.79. The number of hydrogen-bond donors (Lipinski definition) is 2. The monoisotopic (exact) mass is 353 g/mol. The summed E-state index contributed by atoms with van der Waals surface area (Å²) >= 11 is 0. The molecule has 2 rings (SSSR count). The Morgan fingerprint density at radius 2 is 1.38 bits per heavy atom. The summed E-state index contributed by atoms with van der Waals surface area (Å²) < 4.78 is 0. The number of unbranched alkanes of at least 4 members (excludes halogenated alkanes) is 5. The third-order valence-corrected chi connectivity index (χ3v) is 4.38. The fraction of sp³-hybridized carbons (Fsp3) is 0.364. The first-order valence-corrected chi connectivity index (χ1v) is 9.35. The largest absolute Gasteiger partial charge is 0.507 e. The lowest BCUT2D eigenvalue weighted by atomic mass is 9.97. The smallest absolute Gasteiger partial charge is 0.252 e. The number of aromatic hydroxyl groups is 1. The van der Waals surface area contributed by atoms with Crippen LogP contribution < -0.4 is 5.32 Å². The second-order valence-corrected chi connectivity index (χ2v) is 6.42. The van der Waals surface area contributed by atoms with Crippen molar-refractivity contribution >= 4 is 11.7 Å². The molecule has 1 amide bonds. The second-order valence-electron chi connectivity index (χ2n) is 6.42. The maximum absolute atomic E-state index is 12.7. The Morgan fingerprint density at radius 3 is 2.08 bits per heavy atom. The normalized spacial score (nSPS) is 10.5. The average Bonchev–Trinajstić information content (AvgIpc) is 2.67. The van der Waals surface area contributed by atoms with Crippen molar-refractivity contribution in [2.75, 3.05) is 6.54 Å². The molecule has 4 nitrogen and oxygen atoms in total. The molecule has 4 heteroatoms. The van der Waals surface area contributed by atoms with Gasteiger partial charge in [0, 0.05) is 12.1 Å². The van der Waals surface area contributed by atoms with E-state index in [0.29, 0.717) is 17.7 Å². The third-order valence-electron chi connectivity index (χ3n) is 4.38. The van der Waals surface area contributed by atoms with E-state index in [9.17, 15) is 14.7 Å². The molecule has 0 bridgehead atoms. The molecule has 0 spiro atoms. The van der Waals surface area contributed by atoms with Crippen LogP contribution in [0.15, 0.2) is 48.5 Å². The maximum atomic E-state index is 12.7. The molecule has 0 aliphatic carbocycles. The number of nitrogens with one attached hydrogen (secondary N) is 1. The van der Waals surface area contributed by atoms with Crippen LogP contribution in [0.4, 0.5) is 0 Å². The summed E-state index contributed by atoms with van der Waals surface area (Å²) in [5, 5.41) is 12.8. The molecule has 0 unspecified atom stereocenters. The lowest BCUT2D eigenvalue weighted by Gasteiger charge is -2.10. The fourth-order valence-electron chi connectivity index (χ4n) is 2.89. The molecule has 2 N–H and O–H groups in total. The van der Waals surface area contributed by atoms with Crippen molar-refractivity contribution in [1.29, 1.82) is 0 Å². The Labute approximate surface area is 155 Å².